The molecule has 31 heavy (non-hydrogen) atoms. The Balaban J connectivity index is 1.52. The number of rotatable bonds is 9. The van der Waals surface area contributed by atoms with Crippen molar-refractivity contribution in [3.05, 3.63) is 53.6 Å². The number of anilines is 1. The van der Waals surface area contributed by atoms with Crippen LogP contribution in [-0.4, -0.2) is 37.0 Å². The SMILES string of the molecule is CC(C)C(NC(=O)CNc1cccc(C(=N)N)c1)C(=O)NCc1ccc2c(c1)OCO2. The molecule has 0 radical (unpaired) electrons. The molecule has 1 aliphatic rings. The Labute approximate surface area is 180 Å². The summed E-state index contributed by atoms with van der Waals surface area (Å²) in [6, 6.07) is 11.7. The molecule has 0 bridgehead atoms. The molecule has 1 heterocycles. The highest BCUT2D eigenvalue weighted by Crippen LogP contribution is 2.32. The summed E-state index contributed by atoms with van der Waals surface area (Å²) in [5.74, 6) is 0.614. The number of amides is 2. The lowest BCUT2D eigenvalue weighted by molar-refractivity contribution is -0.129. The summed E-state index contributed by atoms with van der Waals surface area (Å²) >= 11 is 0. The zero-order chi connectivity index (χ0) is 22.4. The van der Waals surface area contributed by atoms with Gasteiger partial charge in [-0.1, -0.05) is 32.0 Å². The summed E-state index contributed by atoms with van der Waals surface area (Å²) in [5, 5.41) is 16.1. The summed E-state index contributed by atoms with van der Waals surface area (Å²) in [6.45, 7) is 4.23. The van der Waals surface area contributed by atoms with E-state index in [0.29, 0.717) is 29.3 Å². The molecular weight excluding hydrogens is 398 g/mol. The van der Waals surface area contributed by atoms with Crippen molar-refractivity contribution in [3.8, 4) is 11.5 Å². The maximum Gasteiger partial charge on any atom is 0.243 e. The van der Waals surface area contributed by atoms with E-state index in [1.54, 1.807) is 30.3 Å². The number of carbonyl (C=O) groups is 2. The van der Waals surface area contributed by atoms with Crippen molar-refractivity contribution in [2.24, 2.45) is 11.7 Å². The van der Waals surface area contributed by atoms with Crippen LogP contribution in [0.2, 0.25) is 0 Å². The monoisotopic (exact) mass is 425 g/mol. The van der Waals surface area contributed by atoms with Crippen LogP contribution in [0.25, 0.3) is 0 Å². The predicted octanol–water partition coefficient (Wildman–Crippen LogP) is 1.57. The van der Waals surface area contributed by atoms with Gasteiger partial charge in [0, 0.05) is 17.8 Å². The zero-order valence-corrected chi connectivity index (χ0v) is 17.5. The van der Waals surface area contributed by atoms with Crippen LogP contribution in [0.1, 0.15) is 25.0 Å². The molecule has 0 saturated carbocycles. The molecule has 3 rings (SSSR count). The molecule has 1 aliphatic heterocycles. The quantitative estimate of drug-likeness (QED) is 0.305. The Morgan fingerprint density at radius 3 is 2.65 bits per heavy atom. The minimum atomic E-state index is -0.674. The van der Waals surface area contributed by atoms with Crippen molar-refractivity contribution in [1.82, 2.24) is 10.6 Å². The molecule has 0 aromatic heterocycles. The number of nitrogens with one attached hydrogen (secondary N) is 4. The molecule has 1 atom stereocenters. The number of amidine groups is 1. The van der Waals surface area contributed by atoms with Crippen molar-refractivity contribution in [2.75, 3.05) is 18.7 Å². The van der Waals surface area contributed by atoms with Crippen LogP contribution < -0.4 is 31.2 Å². The largest absolute Gasteiger partial charge is 0.454 e. The summed E-state index contributed by atoms with van der Waals surface area (Å²) in [7, 11) is 0. The zero-order valence-electron chi connectivity index (χ0n) is 17.5. The third-order valence-electron chi connectivity index (χ3n) is 4.80. The number of benzene rings is 2. The number of nitrogens with two attached hydrogens (primary N) is 1. The van der Waals surface area contributed by atoms with Crippen LogP contribution >= 0.6 is 0 Å². The lowest BCUT2D eigenvalue weighted by atomic mass is 10.0. The third-order valence-corrected chi connectivity index (χ3v) is 4.80. The number of hydrogen-bond acceptors (Lipinski definition) is 6. The summed E-state index contributed by atoms with van der Waals surface area (Å²) < 4.78 is 10.6. The van der Waals surface area contributed by atoms with Crippen LogP contribution in [0.3, 0.4) is 0 Å². The minimum Gasteiger partial charge on any atom is -0.454 e. The smallest absolute Gasteiger partial charge is 0.243 e. The van der Waals surface area contributed by atoms with Gasteiger partial charge >= 0.3 is 0 Å². The van der Waals surface area contributed by atoms with Crippen LogP contribution in [0, 0.1) is 11.3 Å². The first kappa shape index (κ1) is 21.9. The second-order valence-corrected chi connectivity index (χ2v) is 7.54. The topological polar surface area (TPSA) is 139 Å². The lowest BCUT2D eigenvalue weighted by Gasteiger charge is -2.22. The standard InChI is InChI=1S/C22H27N5O4/c1-13(2)20(22(29)26-10-14-6-7-17-18(8-14)31-12-30-17)27-19(28)11-25-16-5-3-4-15(9-16)21(23)24/h3-9,13,20,25H,10-12H2,1-2H3,(H3,23,24)(H,26,29)(H,27,28). The van der Waals surface area contributed by atoms with E-state index in [0.717, 1.165) is 5.56 Å². The molecule has 2 aromatic rings. The summed E-state index contributed by atoms with van der Waals surface area (Å²) in [6.07, 6.45) is 0. The van der Waals surface area contributed by atoms with Crippen molar-refractivity contribution in [1.29, 1.82) is 5.41 Å². The maximum atomic E-state index is 12.7. The molecule has 1 unspecified atom stereocenters. The van der Waals surface area contributed by atoms with Gasteiger partial charge in [0.25, 0.3) is 0 Å². The molecule has 0 fully saturated rings. The van der Waals surface area contributed by atoms with Gasteiger partial charge < -0.3 is 31.2 Å². The highest BCUT2D eigenvalue weighted by Gasteiger charge is 2.24. The van der Waals surface area contributed by atoms with Gasteiger partial charge in [-0.25, -0.2) is 0 Å². The van der Waals surface area contributed by atoms with Gasteiger partial charge in [0.1, 0.15) is 11.9 Å². The normalized spacial score (nSPS) is 12.9. The summed E-state index contributed by atoms with van der Waals surface area (Å²) in [5.41, 5.74) is 7.59. The first-order valence-corrected chi connectivity index (χ1v) is 9.97. The van der Waals surface area contributed by atoms with Gasteiger partial charge in [-0.05, 0) is 35.7 Å². The average Bonchev–Trinajstić information content (AvgIpc) is 3.22. The van der Waals surface area contributed by atoms with Crippen LogP contribution in [-0.2, 0) is 16.1 Å². The Morgan fingerprint density at radius 1 is 1.13 bits per heavy atom. The Kier molecular flexibility index (Phi) is 6.96. The fourth-order valence-electron chi connectivity index (χ4n) is 3.09. The first-order chi connectivity index (χ1) is 14.8. The second kappa shape index (κ2) is 9.84. The predicted molar refractivity (Wildman–Crippen MR) is 117 cm³/mol. The molecule has 9 heteroatoms. The van der Waals surface area contributed by atoms with Gasteiger partial charge in [0.05, 0.1) is 6.54 Å². The molecule has 164 valence electrons. The van der Waals surface area contributed by atoms with Crippen molar-refractivity contribution >= 4 is 23.3 Å². The highest BCUT2D eigenvalue weighted by molar-refractivity contribution is 5.96. The van der Waals surface area contributed by atoms with E-state index in [2.05, 4.69) is 16.0 Å². The summed E-state index contributed by atoms with van der Waals surface area (Å²) in [4.78, 5) is 25.1. The second-order valence-electron chi connectivity index (χ2n) is 7.54. The molecule has 0 saturated heterocycles. The van der Waals surface area contributed by atoms with Crippen LogP contribution in [0.15, 0.2) is 42.5 Å². The van der Waals surface area contributed by atoms with Gasteiger partial charge in [-0.3, -0.25) is 15.0 Å². The van der Waals surface area contributed by atoms with Crippen molar-refractivity contribution in [3.63, 3.8) is 0 Å². The van der Waals surface area contributed by atoms with Crippen LogP contribution in [0.4, 0.5) is 5.69 Å². The molecule has 0 aliphatic carbocycles. The van der Waals surface area contributed by atoms with Gasteiger partial charge in [0.2, 0.25) is 18.6 Å². The molecule has 2 aromatic carbocycles. The third kappa shape index (κ3) is 5.88. The van der Waals surface area contributed by atoms with Crippen LogP contribution in [0.5, 0.6) is 11.5 Å². The van der Waals surface area contributed by atoms with E-state index >= 15 is 0 Å². The molecular formula is C22H27N5O4. The number of nitrogen functional groups attached to an aromatic ring is 1. The van der Waals surface area contributed by atoms with E-state index in [1.165, 1.54) is 0 Å². The van der Waals surface area contributed by atoms with E-state index < -0.39 is 6.04 Å². The van der Waals surface area contributed by atoms with E-state index in [4.69, 9.17) is 20.6 Å². The van der Waals surface area contributed by atoms with E-state index in [1.807, 2.05) is 26.0 Å². The Bertz CT molecular complexity index is 976. The van der Waals surface area contributed by atoms with Gasteiger partial charge in [-0.15, -0.1) is 0 Å². The lowest BCUT2D eigenvalue weighted by Crippen LogP contribution is -2.50. The molecule has 0 spiro atoms. The van der Waals surface area contributed by atoms with Gasteiger partial charge in [0.15, 0.2) is 11.5 Å². The Hall–Kier alpha value is -3.75. The Morgan fingerprint density at radius 2 is 1.90 bits per heavy atom. The fourth-order valence-corrected chi connectivity index (χ4v) is 3.09. The number of hydrogen-bond donors (Lipinski definition) is 5. The average molecular weight is 425 g/mol. The number of fused-ring (bicyclic) bond motifs is 1. The van der Waals surface area contributed by atoms with Gasteiger partial charge in [-0.2, -0.15) is 0 Å². The van der Waals surface area contributed by atoms with E-state index in [9.17, 15) is 9.59 Å². The van der Waals surface area contributed by atoms with Crippen molar-refractivity contribution < 1.29 is 19.1 Å². The minimum absolute atomic E-state index is 0.0139. The van der Waals surface area contributed by atoms with E-state index in [-0.39, 0.29) is 36.9 Å². The highest BCUT2D eigenvalue weighted by atomic mass is 16.7. The fraction of sp³-hybridized carbons (Fsp3) is 0.318. The first-order valence-electron chi connectivity index (χ1n) is 9.97. The molecule has 2 amide bonds. The van der Waals surface area contributed by atoms with Crippen molar-refractivity contribution in [2.45, 2.75) is 26.4 Å². The molecule has 9 nitrogen and oxygen atoms in total. The number of carbonyl (C=O) groups excluding carboxylic acids is 2. The maximum absolute atomic E-state index is 12.7. The number of ether oxygens (including phenoxy) is 2. The molecule has 6 N–H and O–H groups in total.